The van der Waals surface area contributed by atoms with Crippen LogP contribution >= 0.6 is 0 Å². The molecule has 1 heterocycles. The Bertz CT molecular complexity index is 716. The van der Waals surface area contributed by atoms with Crippen molar-refractivity contribution in [3.8, 4) is 0 Å². The Hall–Kier alpha value is -3.44. The van der Waals surface area contributed by atoms with E-state index >= 15 is 0 Å². The Morgan fingerprint density at radius 3 is 2.18 bits per heavy atom. The van der Waals surface area contributed by atoms with Crippen molar-refractivity contribution in [3.63, 3.8) is 0 Å². The van der Waals surface area contributed by atoms with E-state index in [0.29, 0.717) is 0 Å². The van der Waals surface area contributed by atoms with Gasteiger partial charge in [0.05, 0.1) is 13.1 Å². The van der Waals surface area contributed by atoms with Gasteiger partial charge in [0.1, 0.15) is 0 Å². The van der Waals surface area contributed by atoms with Crippen LogP contribution in [0.1, 0.15) is 0 Å². The highest BCUT2D eigenvalue weighted by atomic mass is 16.2. The van der Waals surface area contributed by atoms with Crippen LogP contribution in [0.2, 0.25) is 0 Å². The monoisotopic (exact) mass is 310 g/mol. The van der Waals surface area contributed by atoms with E-state index in [9.17, 15) is 19.2 Å². The summed E-state index contributed by atoms with van der Waals surface area (Å²) >= 11 is 0. The van der Waals surface area contributed by atoms with Crippen LogP contribution in [0.3, 0.4) is 0 Å². The van der Waals surface area contributed by atoms with E-state index in [0.717, 1.165) is 10.8 Å². The normalized spacial score (nSPS) is 10.9. The predicted octanol–water partition coefficient (Wildman–Crippen LogP) is -2.68. The first kappa shape index (κ1) is 16.6. The molecule has 1 rings (SSSR count). The highest BCUT2D eigenvalue weighted by Gasteiger charge is 2.03. The molecule has 1 aromatic heterocycles. The van der Waals surface area contributed by atoms with Crippen molar-refractivity contribution in [2.75, 3.05) is 0 Å². The van der Waals surface area contributed by atoms with Crippen molar-refractivity contribution in [3.05, 3.63) is 33.1 Å². The van der Waals surface area contributed by atoms with Crippen molar-refractivity contribution >= 4 is 24.5 Å². The van der Waals surface area contributed by atoms with Crippen LogP contribution < -0.4 is 33.6 Å². The van der Waals surface area contributed by atoms with Crippen molar-refractivity contribution in [2.45, 2.75) is 13.1 Å². The maximum atomic E-state index is 12.0. The fourth-order valence-corrected chi connectivity index (χ4v) is 1.33. The number of nitrogens with zero attached hydrogens (tertiary/aromatic N) is 4. The zero-order valence-corrected chi connectivity index (χ0v) is 11.3. The summed E-state index contributed by atoms with van der Waals surface area (Å²) in [5.41, 5.74) is 12.3. The Balaban J connectivity index is 2.84. The van der Waals surface area contributed by atoms with Crippen LogP contribution in [-0.4, -0.2) is 33.6 Å². The van der Waals surface area contributed by atoms with Crippen LogP contribution in [0.4, 0.5) is 9.59 Å². The summed E-state index contributed by atoms with van der Waals surface area (Å²) in [7, 11) is 0. The first-order valence-electron chi connectivity index (χ1n) is 5.86. The lowest BCUT2D eigenvalue weighted by atomic mass is 10.5. The second kappa shape index (κ2) is 7.98. The molecule has 12 nitrogen and oxygen atoms in total. The molecule has 22 heavy (non-hydrogen) atoms. The molecule has 4 amide bonds. The number of carbonyl (C=O) groups excluding carboxylic acids is 2. The number of rotatable bonds is 6. The molecule has 0 radical (unpaired) electrons. The van der Waals surface area contributed by atoms with E-state index in [2.05, 4.69) is 10.2 Å². The van der Waals surface area contributed by atoms with Gasteiger partial charge in [-0.05, 0) is 0 Å². The molecule has 1 aromatic rings. The predicted molar refractivity (Wildman–Crippen MR) is 77.4 cm³/mol. The van der Waals surface area contributed by atoms with Crippen LogP contribution in [0.15, 0.2) is 32.1 Å². The molecule has 0 fully saturated rings. The minimum Gasteiger partial charge on any atom is -0.350 e. The van der Waals surface area contributed by atoms with E-state index in [1.807, 2.05) is 10.9 Å². The van der Waals surface area contributed by atoms with Crippen LogP contribution in [-0.2, 0) is 13.1 Å². The molecule has 0 unspecified atom stereocenters. The van der Waals surface area contributed by atoms with Gasteiger partial charge in [0.25, 0.3) is 5.56 Å². The zero-order valence-electron chi connectivity index (χ0n) is 11.3. The molecule has 12 heteroatoms. The molecule has 0 aromatic carbocycles. The van der Waals surface area contributed by atoms with Gasteiger partial charge in [-0.25, -0.2) is 25.2 Å². The molecule has 0 bridgehead atoms. The third-order valence-corrected chi connectivity index (χ3v) is 2.21. The number of amides is 4. The summed E-state index contributed by atoms with van der Waals surface area (Å²) < 4.78 is 2.05. The number of nitrogens with one attached hydrogen (secondary N) is 2. The average molecular weight is 310 g/mol. The van der Waals surface area contributed by atoms with Gasteiger partial charge in [0.15, 0.2) is 0 Å². The van der Waals surface area contributed by atoms with Crippen LogP contribution in [0.25, 0.3) is 0 Å². The van der Waals surface area contributed by atoms with Crippen LogP contribution in [0, 0.1) is 0 Å². The Morgan fingerprint density at radius 2 is 1.64 bits per heavy atom. The Labute approximate surface area is 123 Å². The smallest absolute Gasteiger partial charge is 0.332 e. The van der Waals surface area contributed by atoms with Gasteiger partial charge in [-0.2, -0.15) is 10.2 Å². The number of urea groups is 2. The summed E-state index contributed by atoms with van der Waals surface area (Å²) in [5.74, 6) is 0. The van der Waals surface area contributed by atoms with E-state index in [1.54, 1.807) is 0 Å². The number of nitrogens with two attached hydrogens (primary N) is 2. The molecule has 0 spiro atoms. The quantitative estimate of drug-likeness (QED) is 0.330. The number of primary amides is 2. The second-order valence-electron chi connectivity index (χ2n) is 3.77. The summed E-state index contributed by atoms with van der Waals surface area (Å²) in [6.45, 7) is -0.147. The first-order chi connectivity index (χ1) is 10.4. The van der Waals surface area contributed by atoms with E-state index in [4.69, 9.17) is 11.5 Å². The highest BCUT2D eigenvalue weighted by Crippen LogP contribution is 1.78. The highest BCUT2D eigenvalue weighted by molar-refractivity contribution is 5.73. The van der Waals surface area contributed by atoms with Crippen molar-refractivity contribution in [2.24, 2.45) is 21.7 Å². The lowest BCUT2D eigenvalue weighted by Gasteiger charge is -2.05. The minimum atomic E-state index is -0.868. The van der Waals surface area contributed by atoms with Gasteiger partial charge >= 0.3 is 17.8 Å². The summed E-state index contributed by atoms with van der Waals surface area (Å²) in [4.78, 5) is 44.4. The Morgan fingerprint density at radius 1 is 1.09 bits per heavy atom. The van der Waals surface area contributed by atoms with E-state index in [-0.39, 0.29) is 13.1 Å². The fourth-order valence-electron chi connectivity index (χ4n) is 1.33. The van der Waals surface area contributed by atoms with Crippen LogP contribution in [0.5, 0.6) is 0 Å². The maximum Gasteiger partial charge on any atom is 0.332 e. The van der Waals surface area contributed by atoms with Crippen molar-refractivity contribution < 1.29 is 9.59 Å². The molecular formula is C10H14N8O4. The molecule has 6 N–H and O–H groups in total. The molecule has 0 aliphatic heterocycles. The standard InChI is InChI=1S/C10H14N8O4/c11-8(20)15-13-2-5-17-4-1-7(19)18(10(17)22)6-3-14-16-9(12)21/h1-4H,5-6H2,(H3,11,15,20)(H3,12,16,21). The average Bonchev–Trinajstić information content (AvgIpc) is 2.44. The minimum absolute atomic E-state index is 0.00999. The van der Waals surface area contributed by atoms with Gasteiger partial charge in [-0.3, -0.25) is 13.9 Å². The summed E-state index contributed by atoms with van der Waals surface area (Å²) in [6.07, 6.45) is 3.64. The lowest BCUT2D eigenvalue weighted by Crippen LogP contribution is -2.39. The van der Waals surface area contributed by atoms with Gasteiger partial charge < -0.3 is 11.5 Å². The second-order valence-corrected chi connectivity index (χ2v) is 3.77. The largest absolute Gasteiger partial charge is 0.350 e. The first-order valence-corrected chi connectivity index (χ1v) is 5.86. The van der Waals surface area contributed by atoms with Gasteiger partial charge in [-0.1, -0.05) is 0 Å². The topological polar surface area (TPSA) is 179 Å². The fraction of sp³-hybridized carbons (Fsp3) is 0.200. The van der Waals surface area contributed by atoms with Gasteiger partial charge in [0, 0.05) is 24.7 Å². The molecule has 0 atom stereocenters. The van der Waals surface area contributed by atoms with Crippen molar-refractivity contribution in [1.82, 2.24) is 20.0 Å². The molecule has 118 valence electrons. The molecular weight excluding hydrogens is 296 g/mol. The molecule has 0 saturated carbocycles. The maximum absolute atomic E-state index is 12.0. The molecule has 0 aliphatic carbocycles. The van der Waals surface area contributed by atoms with E-state index < -0.39 is 23.3 Å². The summed E-state index contributed by atoms with van der Waals surface area (Å²) in [5, 5.41) is 6.90. The number of hydrazone groups is 2. The number of hydrogen-bond donors (Lipinski definition) is 4. The third-order valence-electron chi connectivity index (χ3n) is 2.21. The zero-order chi connectivity index (χ0) is 16.5. The van der Waals surface area contributed by atoms with Gasteiger partial charge in [-0.15, -0.1) is 0 Å². The van der Waals surface area contributed by atoms with Gasteiger partial charge in [0.2, 0.25) is 0 Å². The lowest BCUT2D eigenvalue weighted by molar-refractivity contribution is 0.248. The van der Waals surface area contributed by atoms with E-state index in [1.165, 1.54) is 23.0 Å². The number of aromatic nitrogens is 2. The van der Waals surface area contributed by atoms with Crippen molar-refractivity contribution in [1.29, 1.82) is 0 Å². The SMILES string of the molecule is NC(=O)NN=CCn1ccc(=O)n(CC=NNC(N)=O)c1=O. The number of carbonyl (C=O) groups is 2. The molecule has 0 saturated heterocycles. The molecule has 0 aliphatic rings. The number of hydrogen-bond acceptors (Lipinski definition) is 6. The Kier molecular flexibility index (Phi) is 6.03. The summed E-state index contributed by atoms with van der Waals surface area (Å²) in [6, 6.07) is -0.537. The third kappa shape index (κ3) is 5.28.